The summed E-state index contributed by atoms with van der Waals surface area (Å²) in [5.74, 6) is 0.613. The Labute approximate surface area is 167 Å². The second-order valence-electron chi connectivity index (χ2n) is 8.35. The van der Waals surface area contributed by atoms with Crippen LogP contribution in [-0.2, 0) is 14.1 Å². The van der Waals surface area contributed by atoms with Crippen LogP contribution in [-0.4, -0.2) is 9.55 Å². The van der Waals surface area contributed by atoms with Crippen molar-refractivity contribution in [2.24, 2.45) is 14.1 Å². The van der Waals surface area contributed by atoms with E-state index < -0.39 is 0 Å². The lowest BCUT2D eigenvalue weighted by Gasteiger charge is -2.20. The largest absolute Gasteiger partial charge is 0.454 e. The highest BCUT2D eigenvalue weighted by Gasteiger charge is 2.27. The Bertz CT molecular complexity index is 1380. The molecule has 5 heteroatoms. The summed E-state index contributed by atoms with van der Waals surface area (Å²) in [6.07, 6.45) is 10.7. The van der Waals surface area contributed by atoms with Crippen LogP contribution in [0.25, 0.3) is 43.2 Å². The molecule has 1 fully saturated rings. The van der Waals surface area contributed by atoms with E-state index in [1.54, 1.807) is 0 Å². The van der Waals surface area contributed by atoms with E-state index in [9.17, 15) is 0 Å². The van der Waals surface area contributed by atoms with Gasteiger partial charge in [0, 0.05) is 18.5 Å². The summed E-state index contributed by atoms with van der Waals surface area (Å²) >= 11 is 1.85. The van der Waals surface area contributed by atoms with Crippen LogP contribution in [0.5, 0.6) is 0 Å². The molecule has 0 amide bonds. The predicted molar refractivity (Wildman–Crippen MR) is 115 cm³/mol. The normalized spacial score (nSPS) is 16.2. The van der Waals surface area contributed by atoms with Crippen LogP contribution in [0, 0.1) is 6.92 Å². The van der Waals surface area contributed by atoms with Crippen LogP contribution in [0.3, 0.4) is 0 Å². The topological polar surface area (TPSA) is 34.8 Å². The van der Waals surface area contributed by atoms with Crippen molar-refractivity contribution in [1.29, 1.82) is 0 Å². The number of fused-ring (bicyclic) bond motifs is 3. The van der Waals surface area contributed by atoms with Gasteiger partial charge in [-0.05, 0) is 31.2 Å². The summed E-state index contributed by atoms with van der Waals surface area (Å²) in [5, 5.41) is 3.72. The number of aromatic nitrogens is 3. The molecule has 1 aromatic carbocycles. The lowest BCUT2D eigenvalue weighted by atomic mass is 9.88. The fourth-order valence-electron chi connectivity index (χ4n) is 5.17. The van der Waals surface area contributed by atoms with Gasteiger partial charge >= 0.3 is 0 Å². The van der Waals surface area contributed by atoms with E-state index in [1.165, 1.54) is 69.7 Å². The Morgan fingerprint density at radius 2 is 2.04 bits per heavy atom. The first kappa shape index (κ1) is 16.5. The molecule has 1 aliphatic carbocycles. The van der Waals surface area contributed by atoms with Crippen molar-refractivity contribution in [3.05, 3.63) is 35.1 Å². The van der Waals surface area contributed by atoms with Crippen molar-refractivity contribution in [3.63, 3.8) is 0 Å². The van der Waals surface area contributed by atoms with Gasteiger partial charge in [-0.15, -0.1) is 11.3 Å². The quantitative estimate of drug-likeness (QED) is 0.265. The van der Waals surface area contributed by atoms with Crippen LogP contribution in [0.1, 0.15) is 48.5 Å². The van der Waals surface area contributed by atoms with Crippen molar-refractivity contribution < 1.29 is 8.98 Å². The van der Waals surface area contributed by atoms with Crippen molar-refractivity contribution in [3.8, 4) is 0 Å². The fourth-order valence-corrected chi connectivity index (χ4v) is 6.41. The van der Waals surface area contributed by atoms with E-state index >= 15 is 0 Å². The van der Waals surface area contributed by atoms with Gasteiger partial charge in [0.05, 0.1) is 33.6 Å². The molecule has 4 aromatic heterocycles. The minimum atomic E-state index is 0.613. The maximum absolute atomic E-state index is 6.69. The molecule has 0 unspecified atom stereocenters. The first-order valence-electron chi connectivity index (χ1n) is 10.2. The molecule has 0 saturated heterocycles. The first-order chi connectivity index (χ1) is 13.6. The first-order valence-corrected chi connectivity index (χ1v) is 11.0. The van der Waals surface area contributed by atoms with Gasteiger partial charge in [0.2, 0.25) is 5.52 Å². The summed E-state index contributed by atoms with van der Waals surface area (Å²) in [6.45, 7) is 2.22. The minimum Gasteiger partial charge on any atom is -0.454 e. The number of benzene rings is 1. The number of nitrogens with zero attached hydrogens (tertiary/aromatic N) is 3. The number of aryl methyl sites for hydroxylation is 3. The highest BCUT2D eigenvalue weighted by molar-refractivity contribution is 7.19. The molecule has 142 valence electrons. The van der Waals surface area contributed by atoms with Gasteiger partial charge < -0.3 is 8.98 Å². The number of hydrogen-bond acceptors (Lipinski definition) is 3. The van der Waals surface area contributed by atoms with E-state index in [0.717, 1.165) is 16.0 Å². The molecule has 0 spiro atoms. The number of thiophene rings is 1. The van der Waals surface area contributed by atoms with Crippen molar-refractivity contribution >= 4 is 54.5 Å². The zero-order valence-electron chi connectivity index (χ0n) is 16.6. The summed E-state index contributed by atoms with van der Waals surface area (Å²) in [6, 6.07) is 4.43. The van der Waals surface area contributed by atoms with Gasteiger partial charge in [-0.2, -0.15) is 0 Å². The standard InChI is InChI=1S/C23H24N3OS/c1-13-15-9-10-25(2)16(15)11-17-18(13)20-19-21(27-17)22(14-7-5-4-6-8-14)28-23(19)24-12-26(20)3/h9-12,14H,4-8H2,1-3H3/q+1. The minimum absolute atomic E-state index is 0.613. The monoisotopic (exact) mass is 390 g/mol. The second-order valence-corrected chi connectivity index (χ2v) is 9.38. The van der Waals surface area contributed by atoms with E-state index in [-0.39, 0.29) is 0 Å². The molecule has 4 heterocycles. The van der Waals surface area contributed by atoms with E-state index in [0.29, 0.717) is 5.92 Å². The van der Waals surface area contributed by atoms with Gasteiger partial charge in [-0.3, -0.25) is 0 Å². The average Bonchev–Trinajstić information content (AvgIpc) is 3.27. The lowest BCUT2D eigenvalue weighted by molar-refractivity contribution is -0.642. The molecular weight excluding hydrogens is 366 g/mol. The third kappa shape index (κ3) is 2.11. The highest BCUT2D eigenvalue weighted by atomic mass is 32.1. The molecule has 1 aliphatic rings. The Kier molecular flexibility index (Phi) is 3.43. The van der Waals surface area contributed by atoms with E-state index in [2.05, 4.69) is 48.5 Å². The molecule has 0 radical (unpaired) electrons. The molecule has 5 aromatic rings. The van der Waals surface area contributed by atoms with Gasteiger partial charge in [0.15, 0.2) is 11.8 Å². The Morgan fingerprint density at radius 3 is 2.86 bits per heavy atom. The third-order valence-corrected chi connectivity index (χ3v) is 7.89. The van der Waals surface area contributed by atoms with Crippen LogP contribution >= 0.6 is 11.3 Å². The number of rotatable bonds is 1. The highest BCUT2D eigenvalue weighted by Crippen LogP contribution is 2.46. The van der Waals surface area contributed by atoms with E-state index in [1.807, 2.05) is 17.7 Å². The number of hydrogen-bond donors (Lipinski definition) is 0. The van der Waals surface area contributed by atoms with Gasteiger partial charge in [0.1, 0.15) is 17.5 Å². The average molecular weight is 391 g/mol. The van der Waals surface area contributed by atoms with Gasteiger partial charge in [-0.1, -0.05) is 19.3 Å². The van der Waals surface area contributed by atoms with Crippen molar-refractivity contribution in [2.45, 2.75) is 44.9 Å². The molecule has 4 nitrogen and oxygen atoms in total. The lowest BCUT2D eigenvalue weighted by Crippen LogP contribution is -2.24. The molecule has 0 bridgehead atoms. The summed E-state index contributed by atoms with van der Waals surface area (Å²) in [4.78, 5) is 7.29. The summed E-state index contributed by atoms with van der Waals surface area (Å²) < 4.78 is 11.0. The van der Waals surface area contributed by atoms with Crippen molar-refractivity contribution in [2.75, 3.05) is 0 Å². The van der Waals surface area contributed by atoms with E-state index in [4.69, 9.17) is 9.40 Å². The molecule has 0 N–H and O–H groups in total. The smallest absolute Gasteiger partial charge is 0.216 e. The van der Waals surface area contributed by atoms with Gasteiger partial charge in [-0.25, -0.2) is 9.55 Å². The fraction of sp³-hybridized carbons (Fsp3) is 0.391. The predicted octanol–water partition coefficient (Wildman–Crippen LogP) is 5.87. The third-order valence-electron chi connectivity index (χ3n) is 6.65. The van der Waals surface area contributed by atoms with Crippen LogP contribution in [0.4, 0.5) is 0 Å². The van der Waals surface area contributed by atoms with Gasteiger partial charge in [0.25, 0.3) is 0 Å². The maximum Gasteiger partial charge on any atom is 0.216 e. The van der Waals surface area contributed by atoms with Crippen LogP contribution < -0.4 is 4.57 Å². The SMILES string of the molecule is Cc1c2cc[n+](C)c2cc2oc3c(C4CCCCC4)sc4ncn(C)c(c12)c43. The van der Waals surface area contributed by atoms with Crippen molar-refractivity contribution in [1.82, 2.24) is 9.55 Å². The molecule has 1 saturated carbocycles. The molecule has 6 rings (SSSR count). The second kappa shape index (κ2) is 5.80. The zero-order valence-corrected chi connectivity index (χ0v) is 17.4. The molecular formula is C23H24N3OS+. The van der Waals surface area contributed by atoms with Crippen LogP contribution in [0.15, 0.2) is 29.1 Å². The zero-order chi connectivity index (χ0) is 19.0. The Morgan fingerprint density at radius 1 is 1.21 bits per heavy atom. The Hall–Kier alpha value is -2.40. The Balaban J connectivity index is 1.81. The molecule has 0 atom stereocenters. The summed E-state index contributed by atoms with van der Waals surface area (Å²) in [5.41, 5.74) is 5.82. The molecule has 0 aliphatic heterocycles. The molecule has 28 heavy (non-hydrogen) atoms. The summed E-state index contributed by atoms with van der Waals surface area (Å²) in [7, 11) is 4.21. The maximum atomic E-state index is 6.69. The van der Waals surface area contributed by atoms with Crippen LogP contribution in [0.2, 0.25) is 0 Å².